The minimum Gasteiger partial charge on any atom is -0.325 e. The fourth-order valence-corrected chi connectivity index (χ4v) is 3.35. The van der Waals surface area contributed by atoms with Gasteiger partial charge in [-0.05, 0) is 24.8 Å². The van der Waals surface area contributed by atoms with Crippen LogP contribution >= 0.6 is 0 Å². The van der Waals surface area contributed by atoms with Crippen LogP contribution in [0, 0.1) is 0 Å². The van der Waals surface area contributed by atoms with E-state index in [0.717, 1.165) is 17.4 Å². The van der Waals surface area contributed by atoms with Crippen LogP contribution in [-0.4, -0.2) is 31.7 Å². The molecule has 0 radical (unpaired) electrons. The molecule has 0 saturated carbocycles. The van der Waals surface area contributed by atoms with E-state index in [0.29, 0.717) is 0 Å². The van der Waals surface area contributed by atoms with Crippen LogP contribution in [0.25, 0.3) is 0 Å². The molecular weight excluding hydrogens is 314 g/mol. The van der Waals surface area contributed by atoms with Crippen LogP contribution in [0.4, 0.5) is 0 Å². The lowest BCUT2D eigenvalue weighted by Gasteiger charge is -2.30. The van der Waals surface area contributed by atoms with Gasteiger partial charge in [0.05, 0.1) is 20.6 Å². The second-order valence-corrected chi connectivity index (χ2v) is 8.18. The van der Waals surface area contributed by atoms with E-state index >= 15 is 0 Å². The normalized spacial score (nSPS) is 11.5. The monoisotopic (exact) mass is 366 g/mol. The molecule has 0 aromatic rings. The average Bonchev–Trinajstić information content (AvgIpc) is 2.62. The number of unbranched alkanes of at least 4 members (excludes halogenated alkanes) is 11. The standard InChI is InChI=1S/C23H46N.C2H6/c1-6-8-10-11-12-13-14-15-16-17-18-19-21-24(4,5)22-23(3)20-9-7-2;1-2/h9,20H,3,6-8,10-19,21-22H2,1-2,4-5H3;1-2H3/q+1;/b20-9-;. The molecule has 0 aromatic carbocycles. The van der Waals surface area contributed by atoms with Gasteiger partial charge in [-0.25, -0.2) is 0 Å². The van der Waals surface area contributed by atoms with Crippen LogP contribution in [0.5, 0.6) is 0 Å². The first-order chi connectivity index (χ1) is 12.5. The van der Waals surface area contributed by atoms with E-state index in [-0.39, 0.29) is 0 Å². The number of likely N-dealkylation sites (N-methyl/N-ethyl adjacent to an activating group) is 1. The molecule has 0 N–H and O–H groups in total. The average molecular weight is 367 g/mol. The van der Waals surface area contributed by atoms with Gasteiger partial charge in [0, 0.05) is 0 Å². The number of hydrogen-bond donors (Lipinski definition) is 0. The van der Waals surface area contributed by atoms with E-state index < -0.39 is 0 Å². The van der Waals surface area contributed by atoms with Gasteiger partial charge in [-0.15, -0.1) is 0 Å². The highest BCUT2D eigenvalue weighted by Crippen LogP contribution is 2.13. The van der Waals surface area contributed by atoms with Gasteiger partial charge in [0.15, 0.2) is 0 Å². The van der Waals surface area contributed by atoms with Crippen molar-refractivity contribution < 1.29 is 4.48 Å². The van der Waals surface area contributed by atoms with Gasteiger partial charge in [0.2, 0.25) is 0 Å². The lowest BCUT2D eigenvalue weighted by molar-refractivity contribution is -0.885. The van der Waals surface area contributed by atoms with Crippen molar-refractivity contribution in [3.63, 3.8) is 0 Å². The van der Waals surface area contributed by atoms with E-state index in [9.17, 15) is 0 Å². The highest BCUT2D eigenvalue weighted by Gasteiger charge is 2.14. The fourth-order valence-electron chi connectivity index (χ4n) is 3.35. The molecule has 0 aliphatic rings. The Morgan fingerprint density at radius 3 is 1.58 bits per heavy atom. The molecule has 0 aliphatic heterocycles. The zero-order valence-corrected chi connectivity index (χ0v) is 19.4. The Bertz CT molecular complexity index is 314. The van der Waals surface area contributed by atoms with Gasteiger partial charge in [-0.2, -0.15) is 0 Å². The zero-order chi connectivity index (χ0) is 20.1. The summed E-state index contributed by atoms with van der Waals surface area (Å²) >= 11 is 0. The van der Waals surface area contributed by atoms with Crippen molar-refractivity contribution in [3.8, 4) is 0 Å². The van der Waals surface area contributed by atoms with Crippen LogP contribution in [0.15, 0.2) is 24.3 Å². The summed E-state index contributed by atoms with van der Waals surface area (Å²) in [6.45, 7) is 15.0. The highest BCUT2D eigenvalue weighted by atomic mass is 15.3. The molecule has 0 bridgehead atoms. The smallest absolute Gasteiger partial charge is 0.103 e. The fraction of sp³-hybridized carbons (Fsp3) is 0.840. The predicted molar refractivity (Wildman–Crippen MR) is 123 cm³/mol. The van der Waals surface area contributed by atoms with Crippen molar-refractivity contribution >= 4 is 0 Å². The Morgan fingerprint density at radius 1 is 0.731 bits per heavy atom. The van der Waals surface area contributed by atoms with Crippen LogP contribution in [0.1, 0.15) is 111 Å². The number of nitrogens with zero attached hydrogens (tertiary/aromatic N) is 1. The van der Waals surface area contributed by atoms with Gasteiger partial charge < -0.3 is 4.48 Å². The summed E-state index contributed by atoms with van der Waals surface area (Å²) in [5.41, 5.74) is 1.26. The molecule has 0 fully saturated rings. The molecule has 0 atom stereocenters. The van der Waals surface area contributed by atoms with Gasteiger partial charge >= 0.3 is 0 Å². The summed E-state index contributed by atoms with van der Waals surface area (Å²) in [6, 6.07) is 0. The molecule has 0 heterocycles. The Kier molecular flexibility index (Phi) is 22.1. The molecule has 0 rings (SSSR count). The zero-order valence-electron chi connectivity index (χ0n) is 19.4. The molecule has 156 valence electrons. The van der Waals surface area contributed by atoms with Crippen molar-refractivity contribution in [2.24, 2.45) is 0 Å². The molecule has 1 nitrogen and oxygen atoms in total. The van der Waals surface area contributed by atoms with E-state index in [4.69, 9.17) is 0 Å². The topological polar surface area (TPSA) is 0 Å². The number of hydrogen-bond acceptors (Lipinski definition) is 0. The largest absolute Gasteiger partial charge is 0.325 e. The molecule has 0 spiro atoms. The maximum atomic E-state index is 4.18. The predicted octanol–water partition coefficient (Wildman–Crippen LogP) is 8.31. The summed E-state index contributed by atoms with van der Waals surface area (Å²) < 4.78 is 1.07. The summed E-state index contributed by atoms with van der Waals surface area (Å²) in [5.74, 6) is 0. The summed E-state index contributed by atoms with van der Waals surface area (Å²) in [4.78, 5) is 0. The Hall–Kier alpha value is -0.560. The van der Waals surface area contributed by atoms with Crippen LogP contribution < -0.4 is 0 Å². The van der Waals surface area contributed by atoms with Crippen molar-refractivity contribution in [2.75, 3.05) is 27.2 Å². The molecule has 0 saturated heterocycles. The molecule has 1 heteroatoms. The van der Waals surface area contributed by atoms with Crippen LogP contribution in [0.3, 0.4) is 0 Å². The van der Waals surface area contributed by atoms with Gasteiger partial charge in [0.25, 0.3) is 0 Å². The maximum Gasteiger partial charge on any atom is 0.103 e. The first-order valence-electron chi connectivity index (χ1n) is 11.7. The molecule has 0 aromatic heterocycles. The molecular formula is C25H52N+. The SMILES string of the molecule is C=C(/C=C\CC)C[N+](C)(C)CCCCCCCCCCCCCC.CC. The van der Waals surface area contributed by atoms with Crippen LogP contribution in [0.2, 0.25) is 0 Å². The van der Waals surface area contributed by atoms with Crippen molar-refractivity contribution in [2.45, 2.75) is 111 Å². The van der Waals surface area contributed by atoms with Crippen LogP contribution in [-0.2, 0) is 0 Å². The van der Waals surface area contributed by atoms with Gasteiger partial charge in [0.1, 0.15) is 6.54 Å². The lowest BCUT2D eigenvalue weighted by atomic mass is 10.1. The molecule has 0 aliphatic carbocycles. The maximum absolute atomic E-state index is 4.18. The summed E-state index contributed by atoms with van der Waals surface area (Å²) in [5, 5.41) is 0. The molecule has 26 heavy (non-hydrogen) atoms. The quantitative estimate of drug-likeness (QED) is 0.138. The van der Waals surface area contributed by atoms with Gasteiger partial charge in [-0.3, -0.25) is 0 Å². The van der Waals surface area contributed by atoms with Crippen molar-refractivity contribution in [1.29, 1.82) is 0 Å². The lowest BCUT2D eigenvalue weighted by Crippen LogP contribution is -2.41. The van der Waals surface area contributed by atoms with Crippen molar-refractivity contribution in [3.05, 3.63) is 24.3 Å². The third-order valence-corrected chi connectivity index (χ3v) is 4.84. The van der Waals surface area contributed by atoms with E-state index in [2.05, 4.69) is 46.7 Å². The van der Waals surface area contributed by atoms with Crippen molar-refractivity contribution in [1.82, 2.24) is 0 Å². The first kappa shape index (κ1) is 27.7. The third-order valence-electron chi connectivity index (χ3n) is 4.84. The summed E-state index contributed by atoms with van der Waals surface area (Å²) in [6.07, 6.45) is 22.6. The molecule has 0 unspecified atom stereocenters. The Balaban J connectivity index is 0. The van der Waals surface area contributed by atoms with E-state index in [1.165, 1.54) is 89.2 Å². The summed E-state index contributed by atoms with van der Waals surface area (Å²) in [7, 11) is 4.67. The minimum absolute atomic E-state index is 1.07. The van der Waals surface area contributed by atoms with E-state index in [1.807, 2.05) is 13.8 Å². The Labute approximate surface area is 167 Å². The first-order valence-corrected chi connectivity index (χ1v) is 11.7. The number of rotatable bonds is 17. The number of quaternary nitrogens is 1. The Morgan fingerprint density at radius 2 is 1.15 bits per heavy atom. The van der Waals surface area contributed by atoms with Gasteiger partial charge in [-0.1, -0.05) is 111 Å². The highest BCUT2D eigenvalue weighted by molar-refractivity contribution is 5.14. The second kappa shape index (κ2) is 20.7. The minimum atomic E-state index is 1.07. The van der Waals surface area contributed by atoms with E-state index in [1.54, 1.807) is 0 Å². The third kappa shape index (κ3) is 21.5. The second-order valence-electron chi connectivity index (χ2n) is 8.18. The molecule has 0 amide bonds. The number of allylic oxidation sites excluding steroid dienone is 1.